The molecule has 0 heterocycles. The number of methoxy groups -OCH3 is 3. The lowest BCUT2D eigenvalue weighted by molar-refractivity contribution is -0.140. The third-order valence-corrected chi connectivity index (χ3v) is 4.58. The summed E-state index contributed by atoms with van der Waals surface area (Å²) in [5, 5.41) is 8.95. The molecule has 0 saturated heterocycles. The molecular weight excluding hydrogens is 380 g/mol. The van der Waals surface area contributed by atoms with Crippen molar-refractivity contribution in [3.05, 3.63) is 47.1 Å². The zero-order valence-electron chi connectivity index (χ0n) is 19.8. The summed E-state index contributed by atoms with van der Waals surface area (Å²) in [5.41, 5.74) is 4.13. The van der Waals surface area contributed by atoms with Crippen LogP contribution >= 0.6 is 0 Å². The first-order valence-electron chi connectivity index (χ1n) is 10.7. The molecule has 0 aromatic heterocycles. The molecule has 0 aliphatic heterocycles. The molecule has 170 valence electrons. The van der Waals surface area contributed by atoms with Crippen LogP contribution in [0.5, 0.6) is 11.5 Å². The van der Waals surface area contributed by atoms with Gasteiger partial charge in [0.05, 0.1) is 27.4 Å². The second-order valence-corrected chi connectivity index (χ2v) is 6.90. The van der Waals surface area contributed by atoms with Crippen LogP contribution in [0.2, 0.25) is 0 Å². The van der Waals surface area contributed by atoms with Gasteiger partial charge in [0.2, 0.25) is 0 Å². The van der Waals surface area contributed by atoms with Crippen LogP contribution in [0.1, 0.15) is 64.5 Å². The van der Waals surface area contributed by atoms with Crippen molar-refractivity contribution in [2.24, 2.45) is 0 Å². The molecular formula is C25H40O5. The largest absolute Gasteiger partial charge is 0.493 e. The lowest BCUT2D eigenvalue weighted by atomic mass is 10.1. The van der Waals surface area contributed by atoms with Crippen LogP contribution in [0.3, 0.4) is 0 Å². The van der Waals surface area contributed by atoms with Crippen molar-refractivity contribution in [3.63, 3.8) is 0 Å². The molecule has 5 nitrogen and oxygen atoms in total. The fourth-order valence-electron chi connectivity index (χ4n) is 2.90. The standard InChI is InChI=1S/C11H14O2.C10H18O.C4H8O2/c1-12-10-6-8-4-3-5-9(8)7-11(10)13-2;1-4-6-10(5-2)8-7-9(3)11;1-3-4(5)6-2/h6-7H,3-5H2,1-2H3;6-9,11H,4-5H2,1-3H3;3H2,1-2H3/b;8-7-,10-6-;. The molecule has 0 spiro atoms. The topological polar surface area (TPSA) is 65.0 Å². The van der Waals surface area contributed by atoms with Gasteiger partial charge in [-0.25, -0.2) is 0 Å². The highest BCUT2D eigenvalue weighted by Crippen LogP contribution is 2.34. The Kier molecular flexibility index (Phi) is 15.3. The normalized spacial score (nSPS) is 13.4. The van der Waals surface area contributed by atoms with Gasteiger partial charge in [-0.1, -0.05) is 44.6 Å². The number of aryl methyl sites for hydroxylation is 2. The molecule has 1 N–H and O–H groups in total. The third kappa shape index (κ3) is 11.1. The predicted octanol–water partition coefficient (Wildman–Crippen LogP) is 5.43. The highest BCUT2D eigenvalue weighted by Gasteiger charge is 2.15. The van der Waals surface area contributed by atoms with E-state index in [2.05, 4.69) is 36.8 Å². The maximum Gasteiger partial charge on any atom is 0.305 e. The molecule has 0 amide bonds. The Hall–Kier alpha value is -2.27. The number of rotatable bonds is 7. The van der Waals surface area contributed by atoms with Gasteiger partial charge < -0.3 is 19.3 Å². The Morgan fingerprint density at radius 2 is 1.57 bits per heavy atom. The number of carbonyl (C=O) groups is 1. The number of fused-ring (bicyclic) bond motifs is 1. The fourth-order valence-corrected chi connectivity index (χ4v) is 2.90. The number of ether oxygens (including phenoxy) is 3. The lowest BCUT2D eigenvalue weighted by Gasteiger charge is -2.09. The quantitative estimate of drug-likeness (QED) is 0.470. The molecule has 1 aliphatic rings. The Bertz CT molecular complexity index is 637. The lowest BCUT2D eigenvalue weighted by Crippen LogP contribution is -1.94. The van der Waals surface area contributed by atoms with Crippen molar-refractivity contribution < 1.29 is 24.1 Å². The molecule has 2 rings (SSSR count). The van der Waals surface area contributed by atoms with Gasteiger partial charge in [-0.05, 0) is 62.3 Å². The summed E-state index contributed by atoms with van der Waals surface area (Å²) in [4.78, 5) is 9.96. The number of allylic oxidation sites excluding steroid dienone is 3. The van der Waals surface area contributed by atoms with Crippen LogP contribution < -0.4 is 9.47 Å². The van der Waals surface area contributed by atoms with E-state index in [0.29, 0.717) is 6.42 Å². The van der Waals surface area contributed by atoms with Crippen LogP contribution in [0.15, 0.2) is 35.9 Å². The van der Waals surface area contributed by atoms with Crippen molar-refractivity contribution in [2.45, 2.75) is 72.3 Å². The van der Waals surface area contributed by atoms with Crippen molar-refractivity contribution in [1.29, 1.82) is 0 Å². The zero-order chi connectivity index (χ0) is 22.9. The Morgan fingerprint density at radius 1 is 1.03 bits per heavy atom. The van der Waals surface area contributed by atoms with E-state index in [4.69, 9.17) is 14.6 Å². The van der Waals surface area contributed by atoms with E-state index in [-0.39, 0.29) is 12.1 Å². The van der Waals surface area contributed by atoms with Crippen molar-refractivity contribution in [1.82, 2.24) is 0 Å². The molecule has 30 heavy (non-hydrogen) atoms. The number of aliphatic hydroxyl groups excluding tert-OH is 1. The van der Waals surface area contributed by atoms with Crippen molar-refractivity contribution in [3.8, 4) is 11.5 Å². The molecule has 0 fully saturated rings. The average Bonchev–Trinajstić information content (AvgIpc) is 3.23. The van der Waals surface area contributed by atoms with Crippen LogP contribution in [-0.4, -0.2) is 38.5 Å². The molecule has 0 radical (unpaired) electrons. The maximum absolute atomic E-state index is 9.96. The van der Waals surface area contributed by atoms with Crippen LogP contribution in [0, 0.1) is 0 Å². The summed E-state index contributed by atoms with van der Waals surface area (Å²) >= 11 is 0. The number of benzene rings is 1. The Balaban J connectivity index is 0.000000452. The van der Waals surface area contributed by atoms with E-state index in [1.807, 2.05) is 12.2 Å². The number of hydrogen-bond donors (Lipinski definition) is 1. The highest BCUT2D eigenvalue weighted by atomic mass is 16.5. The molecule has 1 aromatic rings. The van der Waals surface area contributed by atoms with E-state index in [0.717, 1.165) is 24.3 Å². The van der Waals surface area contributed by atoms with Crippen LogP contribution in [0.4, 0.5) is 0 Å². The van der Waals surface area contributed by atoms with Crippen LogP contribution in [0.25, 0.3) is 0 Å². The monoisotopic (exact) mass is 420 g/mol. The molecule has 1 atom stereocenters. The summed E-state index contributed by atoms with van der Waals surface area (Å²) in [6, 6.07) is 4.20. The predicted molar refractivity (Wildman–Crippen MR) is 123 cm³/mol. The number of carbonyl (C=O) groups excluding carboxylic acids is 1. The first-order valence-corrected chi connectivity index (χ1v) is 10.7. The van der Waals surface area contributed by atoms with Gasteiger partial charge in [0.15, 0.2) is 11.5 Å². The zero-order valence-corrected chi connectivity index (χ0v) is 19.8. The van der Waals surface area contributed by atoms with Gasteiger partial charge in [-0.2, -0.15) is 0 Å². The SMILES string of the molecule is CC/C=C(\C=C/C(C)O)CC.CCC(=O)OC.COc1cc2c(cc1OC)CCC2. The minimum Gasteiger partial charge on any atom is -0.493 e. The Morgan fingerprint density at radius 3 is 1.87 bits per heavy atom. The smallest absolute Gasteiger partial charge is 0.305 e. The summed E-state index contributed by atoms with van der Waals surface area (Å²) in [6.45, 7) is 7.75. The third-order valence-electron chi connectivity index (χ3n) is 4.58. The van der Waals surface area contributed by atoms with E-state index < -0.39 is 0 Å². The number of hydrogen-bond acceptors (Lipinski definition) is 5. The van der Waals surface area contributed by atoms with Gasteiger partial charge in [0, 0.05) is 6.42 Å². The fraction of sp³-hybridized carbons (Fsp3) is 0.560. The van der Waals surface area contributed by atoms with Gasteiger partial charge in [0.1, 0.15) is 0 Å². The summed E-state index contributed by atoms with van der Waals surface area (Å²) < 4.78 is 14.7. The van der Waals surface area contributed by atoms with Crippen molar-refractivity contribution >= 4 is 5.97 Å². The second kappa shape index (κ2) is 16.5. The van der Waals surface area contributed by atoms with Gasteiger partial charge >= 0.3 is 5.97 Å². The van der Waals surface area contributed by atoms with E-state index in [9.17, 15) is 4.79 Å². The van der Waals surface area contributed by atoms with Gasteiger partial charge in [0.25, 0.3) is 0 Å². The molecule has 5 heteroatoms. The summed E-state index contributed by atoms with van der Waals surface area (Å²) in [7, 11) is 4.74. The first kappa shape index (κ1) is 27.7. The Labute approximate surface area is 182 Å². The second-order valence-electron chi connectivity index (χ2n) is 6.90. The molecule has 1 aromatic carbocycles. The van der Waals surface area contributed by atoms with Crippen molar-refractivity contribution in [2.75, 3.05) is 21.3 Å². The van der Waals surface area contributed by atoms with E-state index in [1.165, 1.54) is 43.1 Å². The maximum atomic E-state index is 9.96. The molecule has 0 bridgehead atoms. The molecule has 0 saturated carbocycles. The van der Waals surface area contributed by atoms with Gasteiger partial charge in [-0.15, -0.1) is 0 Å². The minimum atomic E-state index is -0.332. The number of aliphatic hydroxyl groups is 1. The number of esters is 1. The summed E-state index contributed by atoms with van der Waals surface area (Å²) in [6.07, 6.45) is 11.8. The first-order chi connectivity index (χ1) is 14.4. The summed E-state index contributed by atoms with van der Waals surface area (Å²) in [5.74, 6) is 1.54. The molecule has 1 aliphatic carbocycles. The highest BCUT2D eigenvalue weighted by molar-refractivity contribution is 5.68. The molecule has 1 unspecified atom stereocenters. The van der Waals surface area contributed by atoms with Gasteiger partial charge in [-0.3, -0.25) is 4.79 Å². The van der Waals surface area contributed by atoms with Crippen LogP contribution in [-0.2, 0) is 22.4 Å². The minimum absolute atomic E-state index is 0.157. The van der Waals surface area contributed by atoms with E-state index >= 15 is 0 Å². The van der Waals surface area contributed by atoms with E-state index in [1.54, 1.807) is 28.1 Å². The average molecular weight is 421 g/mol.